The van der Waals surface area contributed by atoms with Gasteiger partial charge in [0.1, 0.15) is 5.75 Å². The Bertz CT molecular complexity index is 1060. The van der Waals surface area contributed by atoms with Crippen molar-refractivity contribution < 1.29 is 29.3 Å². The standard InChI is InChI=1S/C19H18N2O2S.C4H4O4/c1-21(2)13-14-7-9-15(10-8-14)23-19-16(5-3-11-20-19)18(22)17-6-4-12-24-17;5-3(6)1-2-4(7)8/h3-12H,13H2,1-2H3;1-2H,(H,5,6)(H,7,8)/b;2-1+. The molecular weight excluding hydrogens is 432 g/mol. The highest BCUT2D eigenvalue weighted by molar-refractivity contribution is 7.12. The van der Waals surface area contributed by atoms with Crippen LogP contribution in [0.3, 0.4) is 0 Å². The van der Waals surface area contributed by atoms with Crippen molar-refractivity contribution in [2.75, 3.05) is 14.1 Å². The van der Waals surface area contributed by atoms with Crippen molar-refractivity contribution in [3.8, 4) is 11.6 Å². The summed E-state index contributed by atoms with van der Waals surface area (Å²) in [7, 11) is 4.06. The summed E-state index contributed by atoms with van der Waals surface area (Å²) in [5.41, 5.74) is 1.67. The van der Waals surface area contributed by atoms with Gasteiger partial charge in [-0.05, 0) is 55.4 Å². The first-order chi connectivity index (χ1) is 15.3. The molecule has 3 rings (SSSR count). The van der Waals surface area contributed by atoms with E-state index in [4.69, 9.17) is 14.9 Å². The lowest BCUT2D eigenvalue weighted by atomic mass is 10.1. The lowest BCUT2D eigenvalue weighted by Crippen LogP contribution is -2.10. The van der Waals surface area contributed by atoms with Gasteiger partial charge in [-0.15, -0.1) is 11.3 Å². The minimum Gasteiger partial charge on any atom is -0.478 e. The average molecular weight is 455 g/mol. The predicted octanol–water partition coefficient (Wildman–Crippen LogP) is 3.94. The second-order valence-corrected chi connectivity index (χ2v) is 7.60. The van der Waals surface area contributed by atoms with E-state index in [2.05, 4.69) is 9.88 Å². The summed E-state index contributed by atoms with van der Waals surface area (Å²) < 4.78 is 5.85. The number of hydrogen-bond acceptors (Lipinski definition) is 7. The normalized spacial score (nSPS) is 10.5. The molecule has 0 bridgehead atoms. The first-order valence-corrected chi connectivity index (χ1v) is 10.2. The van der Waals surface area contributed by atoms with Crippen molar-refractivity contribution in [1.82, 2.24) is 9.88 Å². The number of aromatic nitrogens is 1. The number of pyridine rings is 1. The van der Waals surface area contributed by atoms with Crippen LogP contribution in [0.5, 0.6) is 11.6 Å². The molecule has 0 saturated carbocycles. The summed E-state index contributed by atoms with van der Waals surface area (Å²) in [5, 5.41) is 17.5. The van der Waals surface area contributed by atoms with E-state index in [0.717, 1.165) is 6.54 Å². The number of ether oxygens (including phenoxy) is 1. The molecule has 0 aliphatic carbocycles. The van der Waals surface area contributed by atoms with Gasteiger partial charge in [0.2, 0.25) is 11.7 Å². The number of aliphatic carboxylic acids is 2. The molecule has 0 radical (unpaired) electrons. The Hall–Kier alpha value is -3.82. The summed E-state index contributed by atoms with van der Waals surface area (Å²) >= 11 is 1.41. The number of rotatable bonds is 8. The van der Waals surface area contributed by atoms with Gasteiger partial charge < -0.3 is 19.8 Å². The number of carbonyl (C=O) groups is 3. The highest BCUT2D eigenvalue weighted by Crippen LogP contribution is 2.26. The number of ketones is 1. The Kier molecular flexibility index (Phi) is 9.27. The summed E-state index contributed by atoms with van der Waals surface area (Å²) in [6, 6.07) is 15.0. The van der Waals surface area contributed by atoms with E-state index >= 15 is 0 Å². The van der Waals surface area contributed by atoms with E-state index in [0.29, 0.717) is 34.2 Å². The lowest BCUT2D eigenvalue weighted by molar-refractivity contribution is -0.134. The molecule has 166 valence electrons. The van der Waals surface area contributed by atoms with Crippen LogP contribution in [0.2, 0.25) is 0 Å². The number of hydrogen-bond donors (Lipinski definition) is 2. The molecule has 9 heteroatoms. The maximum Gasteiger partial charge on any atom is 0.328 e. The van der Waals surface area contributed by atoms with Crippen molar-refractivity contribution in [3.05, 3.63) is 88.3 Å². The zero-order chi connectivity index (χ0) is 23.5. The number of carbonyl (C=O) groups excluding carboxylic acids is 1. The largest absolute Gasteiger partial charge is 0.478 e. The molecule has 1 aromatic carbocycles. The molecule has 0 fully saturated rings. The van der Waals surface area contributed by atoms with Crippen LogP contribution in [-0.4, -0.2) is 51.9 Å². The Morgan fingerprint density at radius 1 is 1.00 bits per heavy atom. The predicted molar refractivity (Wildman–Crippen MR) is 120 cm³/mol. The van der Waals surface area contributed by atoms with Gasteiger partial charge in [-0.25, -0.2) is 14.6 Å². The van der Waals surface area contributed by atoms with Crippen molar-refractivity contribution in [1.29, 1.82) is 0 Å². The van der Waals surface area contributed by atoms with Crippen LogP contribution in [-0.2, 0) is 16.1 Å². The van der Waals surface area contributed by atoms with Crippen molar-refractivity contribution in [2.24, 2.45) is 0 Å². The zero-order valence-corrected chi connectivity index (χ0v) is 18.3. The van der Waals surface area contributed by atoms with Gasteiger partial charge in [-0.3, -0.25) is 4.79 Å². The molecule has 3 aromatic rings. The molecule has 0 unspecified atom stereocenters. The van der Waals surface area contributed by atoms with Gasteiger partial charge in [0, 0.05) is 24.9 Å². The van der Waals surface area contributed by atoms with E-state index < -0.39 is 11.9 Å². The first kappa shape index (κ1) is 24.4. The van der Waals surface area contributed by atoms with Crippen LogP contribution >= 0.6 is 11.3 Å². The average Bonchev–Trinajstić information content (AvgIpc) is 3.29. The SMILES string of the molecule is CN(C)Cc1ccc(Oc2ncccc2C(=O)c2cccs2)cc1.O=C(O)/C=C/C(=O)O. The molecule has 2 N–H and O–H groups in total. The Morgan fingerprint density at radius 3 is 2.19 bits per heavy atom. The Balaban J connectivity index is 0.000000390. The van der Waals surface area contributed by atoms with Crippen molar-refractivity contribution in [2.45, 2.75) is 6.54 Å². The van der Waals surface area contributed by atoms with Crippen LogP contribution in [0, 0.1) is 0 Å². The fraction of sp³-hybridized carbons (Fsp3) is 0.130. The molecule has 0 spiro atoms. The number of thiophene rings is 1. The van der Waals surface area contributed by atoms with Crippen LogP contribution in [0.25, 0.3) is 0 Å². The minimum absolute atomic E-state index is 0.0719. The van der Waals surface area contributed by atoms with E-state index in [-0.39, 0.29) is 5.78 Å². The Labute approximate surface area is 189 Å². The third-order valence-corrected chi connectivity index (χ3v) is 4.63. The first-order valence-electron chi connectivity index (χ1n) is 9.35. The van der Waals surface area contributed by atoms with Crippen LogP contribution < -0.4 is 4.74 Å². The van der Waals surface area contributed by atoms with Crippen LogP contribution in [0.1, 0.15) is 20.8 Å². The molecular formula is C23H22N2O6S. The quantitative estimate of drug-likeness (QED) is 0.388. The molecule has 2 heterocycles. The summed E-state index contributed by atoms with van der Waals surface area (Å²) in [6.07, 6.45) is 2.74. The van der Waals surface area contributed by atoms with Gasteiger partial charge in [0.25, 0.3) is 0 Å². The third kappa shape index (κ3) is 8.13. The van der Waals surface area contributed by atoms with Crippen molar-refractivity contribution >= 4 is 29.1 Å². The van der Waals surface area contributed by atoms with E-state index in [1.54, 1.807) is 24.4 Å². The van der Waals surface area contributed by atoms with Gasteiger partial charge in [0.15, 0.2) is 0 Å². The topological polar surface area (TPSA) is 117 Å². The third-order valence-electron chi connectivity index (χ3n) is 3.77. The fourth-order valence-electron chi connectivity index (χ4n) is 2.47. The molecule has 0 amide bonds. The van der Waals surface area contributed by atoms with Gasteiger partial charge in [-0.2, -0.15) is 0 Å². The fourth-order valence-corrected chi connectivity index (χ4v) is 3.15. The summed E-state index contributed by atoms with van der Waals surface area (Å²) in [6.45, 7) is 0.867. The molecule has 8 nitrogen and oxygen atoms in total. The summed E-state index contributed by atoms with van der Waals surface area (Å²) in [4.78, 5) is 38.7. The van der Waals surface area contributed by atoms with Gasteiger partial charge >= 0.3 is 11.9 Å². The Morgan fingerprint density at radius 2 is 1.66 bits per heavy atom. The molecule has 2 aromatic heterocycles. The zero-order valence-electron chi connectivity index (χ0n) is 17.5. The number of benzene rings is 1. The van der Waals surface area contributed by atoms with E-state index in [9.17, 15) is 14.4 Å². The molecule has 32 heavy (non-hydrogen) atoms. The number of carboxylic acid groups (broad SMARTS) is 2. The highest BCUT2D eigenvalue weighted by atomic mass is 32.1. The van der Waals surface area contributed by atoms with Gasteiger partial charge in [0.05, 0.1) is 10.4 Å². The molecule has 0 atom stereocenters. The van der Waals surface area contributed by atoms with E-state index in [1.807, 2.05) is 49.8 Å². The maximum absolute atomic E-state index is 12.6. The minimum atomic E-state index is -1.26. The highest BCUT2D eigenvalue weighted by Gasteiger charge is 2.17. The molecule has 0 aliphatic rings. The lowest BCUT2D eigenvalue weighted by Gasteiger charge is -2.11. The second kappa shape index (κ2) is 12.1. The maximum atomic E-state index is 12.6. The van der Waals surface area contributed by atoms with Crippen molar-refractivity contribution in [3.63, 3.8) is 0 Å². The van der Waals surface area contributed by atoms with Crippen LogP contribution in [0.15, 0.2) is 72.3 Å². The van der Waals surface area contributed by atoms with Crippen LogP contribution in [0.4, 0.5) is 0 Å². The second-order valence-electron chi connectivity index (χ2n) is 6.66. The van der Waals surface area contributed by atoms with E-state index in [1.165, 1.54) is 16.9 Å². The molecule has 0 aliphatic heterocycles. The van der Waals surface area contributed by atoms with Gasteiger partial charge in [-0.1, -0.05) is 18.2 Å². The monoisotopic (exact) mass is 454 g/mol. The smallest absolute Gasteiger partial charge is 0.328 e. The summed E-state index contributed by atoms with van der Waals surface area (Å²) in [5.74, 6) is -1.59. The molecule has 0 saturated heterocycles. The number of nitrogens with zero attached hydrogens (tertiary/aromatic N) is 2. The number of carboxylic acids is 2.